The number of likely N-dealkylation sites (tertiary alicyclic amines) is 1. The van der Waals surface area contributed by atoms with E-state index >= 15 is 0 Å². The molecule has 0 unspecified atom stereocenters. The van der Waals surface area contributed by atoms with Crippen molar-refractivity contribution in [3.8, 4) is 16.5 Å². The Balaban J connectivity index is 1.29. The molecule has 6 rings (SSSR count). The van der Waals surface area contributed by atoms with Crippen molar-refractivity contribution in [2.45, 2.75) is 62.4 Å². The number of benzene rings is 1. The van der Waals surface area contributed by atoms with Gasteiger partial charge in [-0.15, -0.1) is 17.9 Å². The molecule has 2 fully saturated rings. The van der Waals surface area contributed by atoms with Gasteiger partial charge in [0.2, 0.25) is 11.8 Å². The lowest BCUT2D eigenvalue weighted by Crippen LogP contribution is -2.57. The number of thiophene rings is 1. The third-order valence-electron chi connectivity index (χ3n) is 8.71. The summed E-state index contributed by atoms with van der Waals surface area (Å²) in [5.41, 5.74) is -0.710. The van der Waals surface area contributed by atoms with E-state index in [4.69, 9.17) is 14.7 Å². The SMILES string of the molecule is C=C[C@@H]1C[C@]1(NC(=O)[C@@H]1C[C@@H](Oc2nc3ccccc3nc2-c2cccs2)CN1C(=O)[C@@H](O)C(C)(C)C)C(=O)NS(=O)(=O)c1cn(C)cn1. The van der Waals surface area contributed by atoms with Gasteiger partial charge in [-0.2, -0.15) is 8.42 Å². The number of sulfonamides is 1. The van der Waals surface area contributed by atoms with Crippen LogP contribution in [-0.2, 0) is 31.5 Å². The first-order valence-corrected chi connectivity index (χ1v) is 17.9. The molecule has 16 heteroatoms. The molecule has 2 aliphatic rings. The third kappa shape index (κ3) is 6.67. The van der Waals surface area contributed by atoms with Crippen LogP contribution in [0.1, 0.15) is 33.6 Å². The molecule has 1 aliphatic heterocycles. The van der Waals surface area contributed by atoms with E-state index in [1.807, 2.05) is 40.4 Å². The van der Waals surface area contributed by atoms with Crippen molar-refractivity contribution in [3.63, 3.8) is 0 Å². The number of carbonyl (C=O) groups is 3. The highest BCUT2D eigenvalue weighted by atomic mass is 32.2. The number of nitrogens with zero attached hydrogens (tertiary/aromatic N) is 5. The van der Waals surface area contributed by atoms with E-state index < -0.39 is 62.9 Å². The Morgan fingerprint density at radius 2 is 1.88 bits per heavy atom. The van der Waals surface area contributed by atoms with Crippen molar-refractivity contribution in [2.75, 3.05) is 6.54 Å². The molecule has 0 radical (unpaired) electrons. The van der Waals surface area contributed by atoms with Crippen molar-refractivity contribution in [1.29, 1.82) is 0 Å². The van der Waals surface area contributed by atoms with E-state index in [2.05, 4.69) is 16.9 Å². The largest absolute Gasteiger partial charge is 0.471 e. The van der Waals surface area contributed by atoms with Crippen LogP contribution in [0.25, 0.3) is 21.6 Å². The lowest BCUT2D eigenvalue weighted by molar-refractivity contribution is -0.150. The molecule has 4 heterocycles. The van der Waals surface area contributed by atoms with Crippen LogP contribution in [-0.4, -0.2) is 86.0 Å². The number of aliphatic hydroxyl groups excluding tert-OH is 1. The Hall–Kier alpha value is -4.67. The van der Waals surface area contributed by atoms with Gasteiger partial charge in [-0.05, 0) is 35.4 Å². The lowest BCUT2D eigenvalue weighted by Gasteiger charge is -2.32. The minimum Gasteiger partial charge on any atom is -0.471 e. The molecule has 49 heavy (non-hydrogen) atoms. The molecule has 258 valence electrons. The topological polar surface area (TPSA) is 186 Å². The number of amides is 3. The molecule has 5 atom stereocenters. The number of hydrogen-bond acceptors (Lipinski definition) is 11. The van der Waals surface area contributed by atoms with Gasteiger partial charge < -0.3 is 24.6 Å². The van der Waals surface area contributed by atoms with Crippen molar-refractivity contribution in [2.24, 2.45) is 18.4 Å². The highest BCUT2D eigenvalue weighted by Crippen LogP contribution is 2.45. The summed E-state index contributed by atoms with van der Waals surface area (Å²) in [6, 6.07) is 9.94. The molecule has 1 aliphatic carbocycles. The van der Waals surface area contributed by atoms with Crippen LogP contribution in [0.2, 0.25) is 0 Å². The van der Waals surface area contributed by atoms with Crippen molar-refractivity contribution >= 4 is 50.1 Å². The Kier molecular flexibility index (Phi) is 8.83. The number of aryl methyl sites for hydroxylation is 1. The van der Waals surface area contributed by atoms with Gasteiger partial charge in [-0.1, -0.05) is 45.0 Å². The smallest absolute Gasteiger partial charge is 0.283 e. The number of rotatable bonds is 10. The molecule has 0 spiro atoms. The zero-order valence-corrected chi connectivity index (χ0v) is 29.0. The molecule has 1 saturated heterocycles. The molecule has 3 amide bonds. The summed E-state index contributed by atoms with van der Waals surface area (Å²) >= 11 is 1.46. The maximum absolute atomic E-state index is 14.1. The Bertz CT molecular complexity index is 2040. The molecular formula is C33H37N7O7S2. The van der Waals surface area contributed by atoms with Gasteiger partial charge in [0.25, 0.3) is 21.8 Å². The number of aromatic nitrogens is 4. The standard InChI is InChI=1S/C33H37N7O7S2/c1-6-19-15-33(19,31(44)38-49(45,46)25-17-39(5)18-34-25)37-28(42)23-14-20(16-40(23)30(43)27(41)32(2,3)4)47-29-26(24-12-9-13-48-24)35-21-10-7-8-11-22(21)36-29/h6-13,17-20,23,27,41H,1,14-16H2,2-5H3,(H,37,42)(H,38,44)/t19-,20-,23+,27-,33-/m1/s1. The molecule has 3 aromatic heterocycles. The van der Waals surface area contributed by atoms with Crippen LogP contribution in [0.4, 0.5) is 0 Å². The molecular weight excluding hydrogens is 671 g/mol. The quantitative estimate of drug-likeness (QED) is 0.207. The van der Waals surface area contributed by atoms with E-state index in [9.17, 15) is 27.9 Å². The second-order valence-corrected chi connectivity index (χ2v) is 16.0. The molecule has 14 nitrogen and oxygen atoms in total. The van der Waals surface area contributed by atoms with E-state index in [1.165, 1.54) is 39.4 Å². The monoisotopic (exact) mass is 707 g/mol. The van der Waals surface area contributed by atoms with Gasteiger partial charge in [-0.3, -0.25) is 14.4 Å². The summed E-state index contributed by atoms with van der Waals surface area (Å²) in [4.78, 5) is 56.7. The number of nitrogens with one attached hydrogen (secondary N) is 2. The summed E-state index contributed by atoms with van der Waals surface area (Å²) in [6.45, 7) is 8.78. The fraction of sp³-hybridized carbons (Fsp3) is 0.394. The second kappa shape index (κ2) is 12.7. The number of imidazole rings is 1. The number of carbonyl (C=O) groups excluding carboxylic acids is 3. The van der Waals surface area contributed by atoms with Crippen LogP contribution < -0.4 is 14.8 Å². The Morgan fingerprint density at radius 1 is 1.16 bits per heavy atom. The number of aliphatic hydroxyl groups is 1. The number of ether oxygens (including phenoxy) is 1. The first kappa shape index (κ1) is 34.2. The van der Waals surface area contributed by atoms with E-state index in [0.29, 0.717) is 16.7 Å². The summed E-state index contributed by atoms with van der Waals surface area (Å²) in [5, 5.41) is 15.3. The number of para-hydroxylation sites is 2. The Labute approximate surface area is 287 Å². The fourth-order valence-corrected chi connectivity index (χ4v) is 7.56. The summed E-state index contributed by atoms with van der Waals surface area (Å²) < 4.78 is 35.7. The van der Waals surface area contributed by atoms with Gasteiger partial charge in [0.05, 0.1) is 28.8 Å². The summed E-state index contributed by atoms with van der Waals surface area (Å²) in [6.07, 6.45) is 1.87. The third-order valence-corrected chi connectivity index (χ3v) is 10.8. The van der Waals surface area contributed by atoms with Gasteiger partial charge in [0, 0.05) is 25.6 Å². The molecule has 0 bridgehead atoms. The minimum absolute atomic E-state index is 0.00445. The van der Waals surface area contributed by atoms with E-state index in [1.54, 1.807) is 33.9 Å². The Morgan fingerprint density at radius 3 is 2.47 bits per heavy atom. The van der Waals surface area contributed by atoms with E-state index in [-0.39, 0.29) is 30.3 Å². The van der Waals surface area contributed by atoms with Crippen molar-refractivity contribution < 1.29 is 32.6 Å². The van der Waals surface area contributed by atoms with Gasteiger partial charge in [-0.25, -0.2) is 19.7 Å². The maximum Gasteiger partial charge on any atom is 0.283 e. The highest BCUT2D eigenvalue weighted by Gasteiger charge is 2.61. The number of fused-ring (bicyclic) bond motifs is 1. The van der Waals surface area contributed by atoms with Crippen molar-refractivity contribution in [1.82, 2.24) is 34.5 Å². The van der Waals surface area contributed by atoms with Crippen LogP contribution in [0, 0.1) is 11.3 Å². The average Bonchev–Trinajstić information content (AvgIpc) is 3.49. The lowest BCUT2D eigenvalue weighted by atomic mass is 9.88. The highest BCUT2D eigenvalue weighted by molar-refractivity contribution is 7.90. The normalized spacial score (nSPS) is 22.8. The first-order valence-electron chi connectivity index (χ1n) is 15.6. The van der Waals surface area contributed by atoms with Gasteiger partial charge >= 0.3 is 0 Å². The molecule has 4 aromatic rings. The van der Waals surface area contributed by atoms with Gasteiger partial charge in [0.1, 0.15) is 29.5 Å². The number of hydrogen-bond donors (Lipinski definition) is 3. The second-order valence-electron chi connectivity index (χ2n) is 13.4. The van der Waals surface area contributed by atoms with Gasteiger partial charge in [0.15, 0.2) is 5.03 Å². The average molecular weight is 708 g/mol. The zero-order chi connectivity index (χ0) is 35.3. The van der Waals surface area contributed by atoms with Crippen LogP contribution in [0.5, 0.6) is 5.88 Å². The maximum atomic E-state index is 14.1. The fourth-order valence-electron chi connectivity index (χ4n) is 5.83. The van der Waals surface area contributed by atoms with Crippen molar-refractivity contribution in [3.05, 3.63) is 67.0 Å². The molecule has 1 saturated carbocycles. The molecule has 1 aromatic carbocycles. The van der Waals surface area contributed by atoms with Crippen LogP contribution in [0.15, 0.2) is 72.0 Å². The predicted octanol–water partition coefficient (Wildman–Crippen LogP) is 2.41. The molecule has 3 N–H and O–H groups in total. The summed E-state index contributed by atoms with van der Waals surface area (Å²) in [5.74, 6) is -2.70. The first-order chi connectivity index (χ1) is 23.1. The van der Waals surface area contributed by atoms with E-state index in [0.717, 1.165) is 4.88 Å². The minimum atomic E-state index is -4.35. The summed E-state index contributed by atoms with van der Waals surface area (Å²) in [7, 11) is -2.76. The van der Waals surface area contributed by atoms with Crippen LogP contribution >= 0.6 is 11.3 Å². The zero-order valence-electron chi connectivity index (χ0n) is 27.4. The predicted molar refractivity (Wildman–Crippen MR) is 181 cm³/mol. The van der Waals surface area contributed by atoms with Crippen LogP contribution in [0.3, 0.4) is 0 Å².